The molecule has 5 heteroatoms. The first-order valence-electron chi connectivity index (χ1n) is 4.42. The summed E-state index contributed by atoms with van der Waals surface area (Å²) >= 11 is 0. The van der Waals surface area contributed by atoms with Crippen LogP contribution >= 0.6 is 0 Å². The van der Waals surface area contributed by atoms with Crippen LogP contribution in [0.3, 0.4) is 0 Å². The molecule has 1 rings (SSSR count). The molecule has 0 atom stereocenters. The summed E-state index contributed by atoms with van der Waals surface area (Å²) in [4.78, 5) is 0.205. The molecule has 1 aromatic rings. The van der Waals surface area contributed by atoms with E-state index in [0.717, 1.165) is 5.56 Å². The minimum Gasteiger partial charge on any atom is -0.264 e. The molecule has 0 N–H and O–H groups in total. The van der Waals surface area contributed by atoms with Crippen molar-refractivity contribution in [2.75, 3.05) is 0 Å². The monoisotopic (exact) mass is 270 g/mol. The smallest absolute Gasteiger partial charge is 0.264 e. The first kappa shape index (κ1) is 14.6. The van der Waals surface area contributed by atoms with Crippen LogP contribution in [-0.2, 0) is 31.4 Å². The van der Waals surface area contributed by atoms with Crippen molar-refractivity contribution >= 4 is 10.1 Å². The predicted molar refractivity (Wildman–Crippen MR) is 54.6 cm³/mol. The first-order valence-corrected chi connectivity index (χ1v) is 5.82. The van der Waals surface area contributed by atoms with Gasteiger partial charge in [-0.1, -0.05) is 17.7 Å². The second kappa shape index (κ2) is 5.66. The van der Waals surface area contributed by atoms with Crippen molar-refractivity contribution in [3.05, 3.63) is 29.8 Å². The summed E-state index contributed by atoms with van der Waals surface area (Å²) in [5.41, 5.74) is 1.02. The van der Waals surface area contributed by atoms with Crippen LogP contribution in [-0.4, -0.2) is 14.5 Å². The number of aryl methyl sites for hydroxylation is 1. The molecule has 0 aliphatic heterocycles. The Morgan fingerprint density at radius 3 is 2.00 bits per heavy atom. The molecule has 0 aliphatic rings. The molecule has 0 unspecified atom stereocenters. The van der Waals surface area contributed by atoms with Gasteiger partial charge in [-0.15, -0.1) is 0 Å². The van der Waals surface area contributed by atoms with E-state index < -0.39 is 10.1 Å². The molecule has 0 aromatic heterocycles. The molecule has 15 heavy (non-hydrogen) atoms. The fraction of sp³-hybridized carbons (Fsp3) is 0.400. The molecule has 86 valence electrons. The zero-order valence-corrected chi connectivity index (χ0v) is 10.8. The largest absolute Gasteiger partial charge is 0.297 e. The molecule has 0 saturated carbocycles. The second-order valence-electron chi connectivity index (χ2n) is 3.41. The van der Waals surface area contributed by atoms with Crippen molar-refractivity contribution in [1.82, 2.24) is 0 Å². The SMILES string of the molecule is Cc1ccc(S(=O)(=O)OC(C)C)cc1.[Fe]. The number of hydrogen-bond donors (Lipinski definition) is 0. The van der Waals surface area contributed by atoms with Crippen molar-refractivity contribution in [1.29, 1.82) is 0 Å². The van der Waals surface area contributed by atoms with Crippen LogP contribution in [0.5, 0.6) is 0 Å². The molecular weight excluding hydrogens is 256 g/mol. The van der Waals surface area contributed by atoms with Crippen molar-refractivity contribution in [2.24, 2.45) is 0 Å². The maximum atomic E-state index is 11.5. The van der Waals surface area contributed by atoms with Gasteiger partial charge in [0.05, 0.1) is 11.0 Å². The topological polar surface area (TPSA) is 43.4 Å². The van der Waals surface area contributed by atoms with Crippen LogP contribution in [0.2, 0.25) is 0 Å². The predicted octanol–water partition coefficient (Wildman–Crippen LogP) is 2.11. The molecule has 0 spiro atoms. The first-order chi connectivity index (χ1) is 6.42. The molecule has 0 bridgehead atoms. The van der Waals surface area contributed by atoms with Gasteiger partial charge in [-0.05, 0) is 32.9 Å². The van der Waals surface area contributed by atoms with Crippen LogP contribution in [0.4, 0.5) is 0 Å². The zero-order valence-electron chi connectivity index (χ0n) is 8.87. The van der Waals surface area contributed by atoms with E-state index in [1.807, 2.05) is 6.92 Å². The summed E-state index contributed by atoms with van der Waals surface area (Å²) < 4.78 is 27.9. The summed E-state index contributed by atoms with van der Waals surface area (Å²) in [6, 6.07) is 6.59. The van der Waals surface area contributed by atoms with Gasteiger partial charge in [0.2, 0.25) is 0 Å². The molecule has 0 amide bonds. The average Bonchev–Trinajstić information content (AvgIpc) is 2.02. The van der Waals surface area contributed by atoms with Crippen molar-refractivity contribution in [3.8, 4) is 0 Å². The van der Waals surface area contributed by atoms with E-state index in [1.165, 1.54) is 0 Å². The fourth-order valence-electron chi connectivity index (χ4n) is 1.01. The Kier molecular flexibility index (Phi) is 5.52. The van der Waals surface area contributed by atoms with Gasteiger partial charge in [0.25, 0.3) is 10.1 Å². The van der Waals surface area contributed by atoms with E-state index >= 15 is 0 Å². The van der Waals surface area contributed by atoms with E-state index in [-0.39, 0.29) is 28.1 Å². The average molecular weight is 270 g/mol. The molecule has 0 saturated heterocycles. The fourth-order valence-corrected chi connectivity index (χ4v) is 2.10. The van der Waals surface area contributed by atoms with E-state index in [9.17, 15) is 8.42 Å². The van der Waals surface area contributed by atoms with Gasteiger partial charge >= 0.3 is 0 Å². The maximum absolute atomic E-state index is 11.5. The Labute approximate surface area is 101 Å². The molecule has 1 aromatic carbocycles. The van der Waals surface area contributed by atoms with E-state index in [4.69, 9.17) is 4.18 Å². The van der Waals surface area contributed by atoms with Gasteiger partial charge in [0.15, 0.2) is 0 Å². The molecular formula is C10H14FeO3S. The van der Waals surface area contributed by atoms with Gasteiger partial charge in [-0.25, -0.2) is 0 Å². The quantitative estimate of drug-likeness (QED) is 0.624. The Bertz CT molecular complexity index is 395. The third kappa shape index (κ3) is 4.34. The third-order valence-corrected chi connectivity index (χ3v) is 3.12. The van der Waals surface area contributed by atoms with Gasteiger partial charge in [-0.2, -0.15) is 8.42 Å². The molecule has 0 fully saturated rings. The molecule has 0 aliphatic carbocycles. The molecule has 0 radical (unpaired) electrons. The molecule has 3 nitrogen and oxygen atoms in total. The Hall–Kier alpha value is -0.351. The summed E-state index contributed by atoms with van der Waals surface area (Å²) in [6.45, 7) is 5.27. The van der Waals surface area contributed by atoms with Gasteiger partial charge in [0, 0.05) is 17.1 Å². The van der Waals surface area contributed by atoms with Crippen LogP contribution < -0.4 is 0 Å². The zero-order chi connectivity index (χ0) is 10.8. The Morgan fingerprint density at radius 2 is 1.60 bits per heavy atom. The van der Waals surface area contributed by atoms with Crippen molar-refractivity contribution in [2.45, 2.75) is 31.8 Å². The van der Waals surface area contributed by atoms with E-state index in [0.29, 0.717) is 0 Å². The number of rotatable bonds is 3. The van der Waals surface area contributed by atoms with Gasteiger partial charge < -0.3 is 0 Å². The third-order valence-electron chi connectivity index (χ3n) is 1.63. The van der Waals surface area contributed by atoms with E-state index in [2.05, 4.69) is 0 Å². The summed E-state index contributed by atoms with van der Waals surface area (Å²) in [5.74, 6) is 0. The Balaban J connectivity index is 0.00000196. The van der Waals surface area contributed by atoms with Crippen LogP contribution in [0.15, 0.2) is 29.2 Å². The van der Waals surface area contributed by atoms with E-state index in [1.54, 1.807) is 38.1 Å². The van der Waals surface area contributed by atoms with Crippen LogP contribution in [0, 0.1) is 6.92 Å². The summed E-state index contributed by atoms with van der Waals surface area (Å²) in [5, 5.41) is 0. The second-order valence-corrected chi connectivity index (χ2v) is 4.98. The van der Waals surface area contributed by atoms with Crippen molar-refractivity contribution < 1.29 is 29.7 Å². The molecule has 0 heterocycles. The summed E-state index contributed by atoms with van der Waals surface area (Å²) in [7, 11) is -3.58. The maximum Gasteiger partial charge on any atom is 0.297 e. The van der Waals surface area contributed by atoms with Gasteiger partial charge in [-0.3, -0.25) is 4.18 Å². The van der Waals surface area contributed by atoms with Crippen LogP contribution in [0.25, 0.3) is 0 Å². The van der Waals surface area contributed by atoms with Crippen molar-refractivity contribution in [3.63, 3.8) is 0 Å². The minimum atomic E-state index is -3.58. The normalized spacial score (nSPS) is 11.2. The number of benzene rings is 1. The number of hydrogen-bond acceptors (Lipinski definition) is 3. The minimum absolute atomic E-state index is 0. The van der Waals surface area contributed by atoms with Crippen LogP contribution in [0.1, 0.15) is 19.4 Å². The van der Waals surface area contributed by atoms with Gasteiger partial charge in [0.1, 0.15) is 0 Å². The Morgan fingerprint density at radius 1 is 1.13 bits per heavy atom. The standard InChI is InChI=1S/C10H14O3S.Fe/c1-8(2)13-14(11,12)10-6-4-9(3)5-7-10;/h4-8H,1-3H3;. The summed E-state index contributed by atoms with van der Waals surface area (Å²) in [6.07, 6.45) is -0.332.